The minimum absolute atomic E-state index is 0.222. The van der Waals surface area contributed by atoms with Gasteiger partial charge in [0.15, 0.2) is 10.3 Å². The van der Waals surface area contributed by atoms with Crippen molar-refractivity contribution < 1.29 is 0 Å². The lowest BCUT2D eigenvalue weighted by Gasteiger charge is -2.07. The molecule has 0 saturated heterocycles. The van der Waals surface area contributed by atoms with Crippen LogP contribution in [0.3, 0.4) is 0 Å². The summed E-state index contributed by atoms with van der Waals surface area (Å²) in [5, 5.41) is 3.77. The number of rotatable bonds is 3. The Morgan fingerprint density at radius 1 is 1.71 bits per heavy atom. The molecule has 1 rings (SSSR count). The van der Waals surface area contributed by atoms with Crippen molar-refractivity contribution in [1.29, 1.82) is 0 Å². The van der Waals surface area contributed by atoms with E-state index in [4.69, 9.17) is 18.0 Å². The van der Waals surface area contributed by atoms with Gasteiger partial charge in [0.1, 0.15) is 5.82 Å². The highest BCUT2D eigenvalue weighted by Gasteiger charge is 2.03. The summed E-state index contributed by atoms with van der Waals surface area (Å²) in [5.74, 6) is 1.62. The molecule has 0 spiro atoms. The topological polar surface area (TPSA) is 63.8 Å². The van der Waals surface area contributed by atoms with E-state index in [1.807, 2.05) is 6.92 Å². The summed E-state index contributed by atoms with van der Waals surface area (Å²) in [5.41, 5.74) is 6.30. The fourth-order valence-corrected chi connectivity index (χ4v) is 1.51. The zero-order chi connectivity index (χ0) is 10.6. The van der Waals surface area contributed by atoms with Gasteiger partial charge in [-0.3, -0.25) is 0 Å². The summed E-state index contributed by atoms with van der Waals surface area (Å²) in [4.78, 5) is 8.44. The maximum atomic E-state index is 5.37. The van der Waals surface area contributed by atoms with E-state index < -0.39 is 0 Å². The second kappa shape index (κ2) is 5.11. The van der Waals surface area contributed by atoms with Crippen LogP contribution in [-0.2, 0) is 0 Å². The van der Waals surface area contributed by atoms with Crippen molar-refractivity contribution in [3.63, 3.8) is 0 Å². The van der Waals surface area contributed by atoms with E-state index >= 15 is 0 Å². The molecule has 0 saturated carbocycles. The molecule has 1 aromatic heterocycles. The molecule has 4 nitrogen and oxygen atoms in total. The van der Waals surface area contributed by atoms with Gasteiger partial charge in [-0.2, -0.15) is 0 Å². The zero-order valence-electron chi connectivity index (χ0n) is 8.07. The Kier molecular flexibility index (Phi) is 4.09. The molecule has 0 aliphatic carbocycles. The van der Waals surface area contributed by atoms with Crippen molar-refractivity contribution in [2.24, 2.45) is 5.73 Å². The van der Waals surface area contributed by atoms with Crippen LogP contribution < -0.4 is 11.1 Å². The Morgan fingerprint density at radius 3 is 3.00 bits per heavy atom. The van der Waals surface area contributed by atoms with Crippen molar-refractivity contribution >= 4 is 34.9 Å². The SMILES string of the molecule is CCSc1ncc(C)c(NC(N)=S)n1. The molecule has 14 heavy (non-hydrogen) atoms. The molecule has 6 heteroatoms. The van der Waals surface area contributed by atoms with Gasteiger partial charge in [-0.05, 0) is 24.9 Å². The first-order valence-electron chi connectivity index (χ1n) is 4.16. The molecular weight excluding hydrogens is 216 g/mol. The maximum Gasteiger partial charge on any atom is 0.189 e. The molecule has 76 valence electrons. The highest BCUT2D eigenvalue weighted by molar-refractivity contribution is 7.99. The van der Waals surface area contributed by atoms with E-state index in [9.17, 15) is 0 Å². The lowest BCUT2D eigenvalue weighted by atomic mass is 10.3. The third kappa shape index (κ3) is 3.12. The molecule has 0 bridgehead atoms. The molecule has 0 radical (unpaired) electrons. The first-order valence-corrected chi connectivity index (χ1v) is 5.55. The van der Waals surface area contributed by atoms with Gasteiger partial charge in [0.2, 0.25) is 0 Å². The molecule has 1 aromatic rings. The summed E-state index contributed by atoms with van der Waals surface area (Å²) in [6, 6.07) is 0. The van der Waals surface area contributed by atoms with Gasteiger partial charge in [-0.1, -0.05) is 18.7 Å². The second-order valence-corrected chi connectivity index (χ2v) is 4.28. The number of nitrogens with one attached hydrogen (secondary N) is 1. The number of aryl methyl sites for hydroxylation is 1. The number of hydrogen-bond acceptors (Lipinski definition) is 4. The van der Waals surface area contributed by atoms with Crippen molar-refractivity contribution in [3.8, 4) is 0 Å². The van der Waals surface area contributed by atoms with Gasteiger partial charge < -0.3 is 11.1 Å². The molecule has 0 atom stereocenters. The van der Waals surface area contributed by atoms with Gasteiger partial charge in [0.05, 0.1) is 0 Å². The Labute approximate surface area is 92.7 Å². The monoisotopic (exact) mass is 228 g/mol. The van der Waals surface area contributed by atoms with E-state index in [0.717, 1.165) is 16.5 Å². The number of anilines is 1. The van der Waals surface area contributed by atoms with Crippen molar-refractivity contribution in [2.75, 3.05) is 11.1 Å². The molecule has 0 amide bonds. The average molecular weight is 228 g/mol. The van der Waals surface area contributed by atoms with Crippen molar-refractivity contribution in [3.05, 3.63) is 11.8 Å². The fourth-order valence-electron chi connectivity index (χ4n) is 0.868. The maximum absolute atomic E-state index is 5.37. The van der Waals surface area contributed by atoms with Crippen LogP contribution in [0, 0.1) is 6.92 Å². The summed E-state index contributed by atoms with van der Waals surface area (Å²) in [6.07, 6.45) is 1.76. The Hall–Kier alpha value is -0.880. The molecule has 0 aliphatic heterocycles. The van der Waals surface area contributed by atoms with Crippen LogP contribution in [0.15, 0.2) is 11.4 Å². The number of nitrogens with zero attached hydrogens (tertiary/aromatic N) is 2. The first kappa shape index (κ1) is 11.2. The van der Waals surface area contributed by atoms with Crippen LogP contribution in [0.2, 0.25) is 0 Å². The average Bonchev–Trinajstić information content (AvgIpc) is 2.10. The van der Waals surface area contributed by atoms with E-state index in [-0.39, 0.29) is 5.11 Å². The Balaban J connectivity index is 2.90. The van der Waals surface area contributed by atoms with Crippen molar-refractivity contribution in [1.82, 2.24) is 9.97 Å². The van der Waals surface area contributed by atoms with Crippen molar-refractivity contribution in [2.45, 2.75) is 19.0 Å². The molecule has 1 heterocycles. The van der Waals surface area contributed by atoms with Crippen LogP contribution in [0.5, 0.6) is 0 Å². The number of thioether (sulfide) groups is 1. The van der Waals surface area contributed by atoms with Gasteiger partial charge >= 0.3 is 0 Å². The smallest absolute Gasteiger partial charge is 0.189 e. The highest BCUT2D eigenvalue weighted by atomic mass is 32.2. The minimum Gasteiger partial charge on any atom is -0.376 e. The van der Waals surface area contributed by atoms with E-state index in [1.165, 1.54) is 0 Å². The lowest BCUT2D eigenvalue weighted by molar-refractivity contribution is 0.958. The van der Waals surface area contributed by atoms with Crippen LogP contribution in [0.25, 0.3) is 0 Å². The quantitative estimate of drug-likeness (QED) is 0.465. The normalized spacial score (nSPS) is 9.86. The fraction of sp³-hybridized carbons (Fsp3) is 0.375. The Bertz CT molecular complexity index is 340. The minimum atomic E-state index is 0.222. The largest absolute Gasteiger partial charge is 0.376 e. The van der Waals surface area contributed by atoms with Crippen LogP contribution in [-0.4, -0.2) is 20.8 Å². The predicted octanol–water partition coefficient (Wildman–Crippen LogP) is 1.55. The van der Waals surface area contributed by atoms with E-state index in [0.29, 0.717) is 5.82 Å². The molecule has 0 aromatic carbocycles. The molecule has 0 aliphatic rings. The summed E-state index contributed by atoms with van der Waals surface area (Å²) in [7, 11) is 0. The van der Waals surface area contributed by atoms with Gasteiger partial charge in [0, 0.05) is 11.8 Å². The van der Waals surface area contributed by atoms with E-state index in [2.05, 4.69) is 22.2 Å². The first-order chi connectivity index (χ1) is 6.63. The standard InChI is InChI=1S/C8H12N4S2/c1-3-14-8-10-4-5(2)6(12-8)11-7(9)13/h4H,3H2,1-2H3,(H3,9,10,11,12,13). The number of thiocarbonyl (C=S) groups is 1. The number of hydrogen-bond donors (Lipinski definition) is 2. The van der Waals surface area contributed by atoms with E-state index in [1.54, 1.807) is 18.0 Å². The third-order valence-corrected chi connectivity index (χ3v) is 2.31. The summed E-state index contributed by atoms with van der Waals surface area (Å²) in [6.45, 7) is 3.95. The lowest BCUT2D eigenvalue weighted by Crippen LogP contribution is -2.20. The van der Waals surface area contributed by atoms with Gasteiger partial charge in [0.25, 0.3) is 0 Å². The van der Waals surface area contributed by atoms with Crippen LogP contribution in [0.4, 0.5) is 5.82 Å². The Morgan fingerprint density at radius 2 is 2.43 bits per heavy atom. The van der Waals surface area contributed by atoms with Gasteiger partial charge in [-0.15, -0.1) is 0 Å². The highest BCUT2D eigenvalue weighted by Crippen LogP contribution is 2.16. The molecular formula is C8H12N4S2. The zero-order valence-corrected chi connectivity index (χ0v) is 9.71. The van der Waals surface area contributed by atoms with Gasteiger partial charge in [-0.25, -0.2) is 9.97 Å². The summed E-state index contributed by atoms with van der Waals surface area (Å²) < 4.78 is 0. The second-order valence-electron chi connectivity index (χ2n) is 2.61. The molecule has 3 N–H and O–H groups in total. The molecule has 0 fully saturated rings. The molecule has 0 unspecified atom stereocenters. The third-order valence-electron chi connectivity index (χ3n) is 1.46. The van der Waals surface area contributed by atoms with Crippen LogP contribution in [0.1, 0.15) is 12.5 Å². The summed E-state index contributed by atoms with van der Waals surface area (Å²) >= 11 is 6.32. The predicted molar refractivity (Wildman–Crippen MR) is 63.6 cm³/mol. The van der Waals surface area contributed by atoms with Crippen LogP contribution >= 0.6 is 24.0 Å². The number of nitrogens with two attached hydrogens (primary N) is 1. The number of aromatic nitrogens is 2.